The quantitative estimate of drug-likeness (QED) is 0.787. The fourth-order valence-electron chi connectivity index (χ4n) is 1.29. The number of hydrogen-bond acceptors (Lipinski definition) is 5. The number of aromatic carboxylic acids is 1. The van der Waals surface area contributed by atoms with Gasteiger partial charge in [-0.05, 0) is 6.07 Å². The van der Waals surface area contributed by atoms with E-state index in [1.807, 2.05) is 0 Å². The van der Waals surface area contributed by atoms with E-state index in [9.17, 15) is 9.59 Å². The van der Waals surface area contributed by atoms with Gasteiger partial charge in [-0.1, -0.05) is 5.21 Å². The molecule has 2 heterocycles. The predicted molar refractivity (Wildman–Crippen MR) is 59.8 cm³/mol. The number of carbonyl (C=O) groups excluding carboxylic acids is 1. The van der Waals surface area contributed by atoms with Crippen molar-refractivity contribution in [3.63, 3.8) is 0 Å². The fraction of sp³-hybridized carbons (Fsp3) is 0.100. The maximum absolute atomic E-state index is 11.6. The number of nitrogens with one attached hydrogen (secondary N) is 1. The first kappa shape index (κ1) is 11.7. The zero-order chi connectivity index (χ0) is 13.0. The number of carbonyl (C=O) groups is 2. The molecule has 0 aliphatic carbocycles. The molecule has 18 heavy (non-hydrogen) atoms. The predicted octanol–water partition coefficient (Wildman–Crippen LogP) is 0.01000. The van der Waals surface area contributed by atoms with E-state index in [1.165, 1.54) is 29.3 Å². The normalized spacial score (nSPS) is 10.0. The molecule has 0 aliphatic heterocycles. The van der Waals surface area contributed by atoms with Crippen LogP contribution in [0.15, 0.2) is 30.9 Å². The van der Waals surface area contributed by atoms with Crippen molar-refractivity contribution in [3.05, 3.63) is 36.4 Å². The molecule has 2 N–H and O–H groups in total. The molecule has 0 aliphatic rings. The number of pyridine rings is 1. The summed E-state index contributed by atoms with van der Waals surface area (Å²) in [7, 11) is 0. The van der Waals surface area contributed by atoms with E-state index < -0.39 is 5.97 Å². The average molecular weight is 247 g/mol. The third kappa shape index (κ3) is 2.88. The lowest BCUT2D eigenvalue weighted by Crippen LogP contribution is -2.19. The van der Waals surface area contributed by atoms with E-state index in [1.54, 1.807) is 6.20 Å². The molecule has 1 amide bonds. The van der Waals surface area contributed by atoms with Crippen LogP contribution in [0.2, 0.25) is 0 Å². The second-order valence-corrected chi connectivity index (χ2v) is 3.42. The molecule has 92 valence electrons. The van der Waals surface area contributed by atoms with Crippen LogP contribution in [0, 0.1) is 0 Å². The average Bonchev–Trinajstić information content (AvgIpc) is 2.82. The van der Waals surface area contributed by atoms with Crippen LogP contribution >= 0.6 is 0 Å². The largest absolute Gasteiger partial charge is 0.478 e. The Morgan fingerprint density at radius 1 is 1.39 bits per heavy atom. The second-order valence-electron chi connectivity index (χ2n) is 3.42. The molecule has 2 aromatic rings. The van der Waals surface area contributed by atoms with Crippen molar-refractivity contribution in [2.75, 3.05) is 5.32 Å². The summed E-state index contributed by atoms with van der Waals surface area (Å²) >= 11 is 0. The molecule has 0 saturated carbocycles. The van der Waals surface area contributed by atoms with Crippen LogP contribution < -0.4 is 5.32 Å². The van der Waals surface area contributed by atoms with Crippen LogP contribution in [0.25, 0.3) is 0 Å². The van der Waals surface area contributed by atoms with E-state index >= 15 is 0 Å². The van der Waals surface area contributed by atoms with Crippen molar-refractivity contribution in [2.45, 2.75) is 6.54 Å². The first-order chi connectivity index (χ1) is 8.65. The molecular weight excluding hydrogens is 238 g/mol. The molecule has 0 bridgehead atoms. The monoisotopic (exact) mass is 247 g/mol. The molecule has 0 spiro atoms. The summed E-state index contributed by atoms with van der Waals surface area (Å²) in [6, 6.07) is 1.33. The van der Waals surface area contributed by atoms with E-state index in [-0.39, 0.29) is 18.0 Å². The van der Waals surface area contributed by atoms with Crippen LogP contribution in [-0.4, -0.2) is 37.0 Å². The van der Waals surface area contributed by atoms with Gasteiger partial charge in [0.2, 0.25) is 5.91 Å². The summed E-state index contributed by atoms with van der Waals surface area (Å²) in [6.07, 6.45) is 5.58. The van der Waals surface area contributed by atoms with Crippen molar-refractivity contribution >= 4 is 17.6 Å². The first-order valence-electron chi connectivity index (χ1n) is 4.97. The van der Waals surface area contributed by atoms with Crippen molar-refractivity contribution in [1.82, 2.24) is 20.0 Å². The summed E-state index contributed by atoms with van der Waals surface area (Å²) in [5.74, 6) is -1.44. The lowest BCUT2D eigenvalue weighted by atomic mass is 10.2. The lowest BCUT2D eigenvalue weighted by molar-refractivity contribution is -0.116. The Morgan fingerprint density at radius 3 is 2.89 bits per heavy atom. The Balaban J connectivity index is 2.03. The molecule has 0 atom stereocenters. The van der Waals surface area contributed by atoms with Crippen LogP contribution in [0.4, 0.5) is 5.69 Å². The smallest absolute Gasteiger partial charge is 0.337 e. The molecular formula is C10H9N5O3. The maximum Gasteiger partial charge on any atom is 0.337 e. The number of carboxylic acids is 1. The van der Waals surface area contributed by atoms with Crippen molar-refractivity contribution < 1.29 is 14.7 Å². The highest BCUT2D eigenvalue weighted by Crippen LogP contribution is 2.08. The van der Waals surface area contributed by atoms with Crippen LogP contribution in [0.3, 0.4) is 0 Å². The molecule has 0 fully saturated rings. The minimum absolute atomic E-state index is 0.00268. The van der Waals surface area contributed by atoms with Crippen molar-refractivity contribution in [1.29, 1.82) is 0 Å². The first-order valence-corrected chi connectivity index (χ1v) is 4.97. The zero-order valence-electron chi connectivity index (χ0n) is 9.15. The van der Waals surface area contributed by atoms with Crippen LogP contribution in [-0.2, 0) is 11.3 Å². The number of anilines is 1. The summed E-state index contributed by atoms with van der Waals surface area (Å²) in [6.45, 7) is -0.00268. The minimum atomic E-state index is -1.10. The molecule has 0 aromatic carbocycles. The van der Waals surface area contributed by atoms with Gasteiger partial charge in [0.05, 0.1) is 23.6 Å². The van der Waals surface area contributed by atoms with Crippen molar-refractivity contribution in [3.8, 4) is 0 Å². The van der Waals surface area contributed by atoms with E-state index in [0.29, 0.717) is 5.69 Å². The highest BCUT2D eigenvalue weighted by atomic mass is 16.4. The zero-order valence-corrected chi connectivity index (χ0v) is 9.15. The van der Waals surface area contributed by atoms with Gasteiger partial charge in [0.1, 0.15) is 6.54 Å². The number of nitrogens with zero attached hydrogens (tertiary/aromatic N) is 4. The molecule has 0 saturated heterocycles. The SMILES string of the molecule is O=C(Cn1ccnn1)Nc1cncc(C(=O)O)c1. The number of hydrogen-bond donors (Lipinski definition) is 2. The molecule has 2 rings (SSSR count). The van der Waals surface area contributed by atoms with Gasteiger partial charge in [-0.2, -0.15) is 0 Å². The molecule has 8 heteroatoms. The van der Waals surface area contributed by atoms with Gasteiger partial charge < -0.3 is 10.4 Å². The molecule has 8 nitrogen and oxygen atoms in total. The van der Waals surface area contributed by atoms with Gasteiger partial charge in [0.15, 0.2) is 0 Å². The van der Waals surface area contributed by atoms with Crippen molar-refractivity contribution in [2.24, 2.45) is 0 Å². The standard InChI is InChI=1S/C10H9N5O3/c16-9(6-15-2-1-12-14-15)13-8-3-7(10(17)18)4-11-5-8/h1-5H,6H2,(H,13,16)(H,17,18). The summed E-state index contributed by atoms with van der Waals surface area (Å²) in [5, 5.41) is 18.5. The number of aromatic nitrogens is 4. The molecule has 0 radical (unpaired) electrons. The number of rotatable bonds is 4. The molecule has 0 unspecified atom stereocenters. The van der Waals surface area contributed by atoms with E-state index in [4.69, 9.17) is 5.11 Å². The van der Waals surface area contributed by atoms with E-state index in [0.717, 1.165) is 0 Å². The Labute approximate surface area is 101 Å². The topological polar surface area (TPSA) is 110 Å². The second kappa shape index (κ2) is 5.04. The highest BCUT2D eigenvalue weighted by molar-refractivity contribution is 5.93. The number of amides is 1. The van der Waals surface area contributed by atoms with E-state index in [2.05, 4.69) is 20.6 Å². The van der Waals surface area contributed by atoms with Gasteiger partial charge in [0, 0.05) is 12.4 Å². The minimum Gasteiger partial charge on any atom is -0.478 e. The molecule has 2 aromatic heterocycles. The van der Waals surface area contributed by atoms with Crippen LogP contribution in [0.1, 0.15) is 10.4 Å². The summed E-state index contributed by atoms with van der Waals surface area (Å²) < 4.78 is 1.35. The van der Waals surface area contributed by atoms with Gasteiger partial charge in [-0.15, -0.1) is 5.10 Å². The van der Waals surface area contributed by atoms with Gasteiger partial charge in [-0.25, -0.2) is 9.48 Å². The third-order valence-electron chi connectivity index (χ3n) is 2.05. The summed E-state index contributed by atoms with van der Waals surface area (Å²) in [5.41, 5.74) is 0.327. The third-order valence-corrected chi connectivity index (χ3v) is 2.05. The number of carboxylic acid groups (broad SMARTS) is 1. The van der Waals surface area contributed by atoms with Crippen LogP contribution in [0.5, 0.6) is 0 Å². The van der Waals surface area contributed by atoms with Gasteiger partial charge in [-0.3, -0.25) is 9.78 Å². The lowest BCUT2D eigenvalue weighted by Gasteiger charge is -2.05. The summed E-state index contributed by atoms with van der Waals surface area (Å²) in [4.78, 5) is 26.0. The fourth-order valence-corrected chi connectivity index (χ4v) is 1.29. The Morgan fingerprint density at radius 2 is 2.22 bits per heavy atom. The Hall–Kier alpha value is -2.77. The maximum atomic E-state index is 11.6. The Bertz CT molecular complexity index is 567. The Kier molecular flexibility index (Phi) is 3.28. The highest BCUT2D eigenvalue weighted by Gasteiger charge is 2.07. The van der Waals surface area contributed by atoms with Gasteiger partial charge in [0.25, 0.3) is 0 Å². The van der Waals surface area contributed by atoms with Gasteiger partial charge >= 0.3 is 5.97 Å².